The normalized spacial score (nSPS) is 14.7. The second kappa shape index (κ2) is 10.1. The maximum absolute atomic E-state index is 13.0. The number of nitrogens with zero attached hydrogens (tertiary/aromatic N) is 3. The van der Waals surface area contributed by atoms with Gasteiger partial charge in [0.2, 0.25) is 10.0 Å². The number of nitrogens with one attached hydrogen (secondary N) is 1. The minimum atomic E-state index is -3.63. The van der Waals surface area contributed by atoms with Gasteiger partial charge in [0.25, 0.3) is 5.91 Å². The lowest BCUT2D eigenvalue weighted by atomic mass is 10.1. The summed E-state index contributed by atoms with van der Waals surface area (Å²) in [6.45, 7) is 1.10. The lowest BCUT2D eigenvalue weighted by Crippen LogP contribution is -2.50. The van der Waals surface area contributed by atoms with Crippen molar-refractivity contribution in [2.45, 2.75) is 4.90 Å². The van der Waals surface area contributed by atoms with Crippen molar-refractivity contribution >= 4 is 61.4 Å². The first-order chi connectivity index (χ1) is 17.3. The average Bonchev–Trinajstić information content (AvgIpc) is 2.89. The lowest BCUT2D eigenvalue weighted by Gasteiger charge is -2.34. The third kappa shape index (κ3) is 5.03. The van der Waals surface area contributed by atoms with Crippen LogP contribution in [-0.2, 0) is 10.0 Å². The maximum Gasteiger partial charge on any atom is 0.253 e. The van der Waals surface area contributed by atoms with Crippen LogP contribution < -0.4 is 5.32 Å². The Bertz CT molecular complexity index is 1520. The highest BCUT2D eigenvalue weighted by atomic mass is 35.5. The zero-order chi connectivity index (χ0) is 25.3. The zero-order valence-electron chi connectivity index (χ0n) is 19.1. The van der Waals surface area contributed by atoms with Crippen molar-refractivity contribution in [3.63, 3.8) is 0 Å². The molecule has 1 fully saturated rings. The number of pyridine rings is 1. The molecule has 5 rings (SSSR count). The summed E-state index contributed by atoms with van der Waals surface area (Å²) in [6.07, 6.45) is 1.71. The molecule has 184 valence electrons. The molecule has 10 heteroatoms. The Labute approximate surface area is 219 Å². The molecular weight excluding hydrogens is 519 g/mol. The highest BCUT2D eigenvalue weighted by Crippen LogP contribution is 2.27. The van der Waals surface area contributed by atoms with E-state index in [-0.39, 0.29) is 23.9 Å². The number of hydrogen-bond acceptors (Lipinski definition) is 5. The molecule has 1 N–H and O–H groups in total. The summed E-state index contributed by atoms with van der Waals surface area (Å²) >= 11 is 11.9. The number of sulfonamides is 1. The molecule has 1 saturated heterocycles. The fourth-order valence-electron chi connectivity index (χ4n) is 4.15. The summed E-state index contributed by atoms with van der Waals surface area (Å²) in [4.78, 5) is 19.3. The smallest absolute Gasteiger partial charge is 0.253 e. The quantitative estimate of drug-likeness (QED) is 0.364. The molecule has 3 aromatic carbocycles. The van der Waals surface area contributed by atoms with Crippen molar-refractivity contribution in [2.24, 2.45) is 0 Å². The molecule has 1 aliphatic heterocycles. The van der Waals surface area contributed by atoms with Crippen LogP contribution in [0, 0.1) is 0 Å². The summed E-state index contributed by atoms with van der Waals surface area (Å²) in [5, 5.41) is 5.40. The topological polar surface area (TPSA) is 82.6 Å². The highest BCUT2D eigenvalue weighted by molar-refractivity contribution is 7.89. The predicted octanol–water partition coefficient (Wildman–Crippen LogP) is 5.43. The number of rotatable bonds is 5. The fraction of sp³-hybridized carbons (Fsp3) is 0.154. The van der Waals surface area contributed by atoms with Crippen molar-refractivity contribution < 1.29 is 13.2 Å². The molecule has 0 unspecified atom stereocenters. The van der Waals surface area contributed by atoms with Gasteiger partial charge in [-0.05, 0) is 72.8 Å². The molecular formula is C26H22Cl2N4O3S. The molecule has 4 aromatic rings. The van der Waals surface area contributed by atoms with Gasteiger partial charge in [0.15, 0.2) is 0 Å². The number of amides is 1. The van der Waals surface area contributed by atoms with E-state index in [0.717, 1.165) is 22.3 Å². The largest absolute Gasteiger partial charge is 0.355 e. The van der Waals surface area contributed by atoms with Crippen LogP contribution in [0.4, 0.5) is 11.4 Å². The number of anilines is 2. The van der Waals surface area contributed by atoms with Gasteiger partial charge in [-0.2, -0.15) is 4.31 Å². The number of piperazine rings is 1. The standard InChI is InChI=1S/C26H22Cl2N4O3S/c27-19-3-8-22(9-4-19)36(34,35)32-15-13-31(14-16-32)26(33)18-1-6-21(7-2-18)30-24-11-12-29-25-17-20(28)5-10-23(24)25/h1-12,17H,13-16H2,(H,29,30). The fourth-order valence-corrected chi connectivity index (χ4v) is 5.87. The van der Waals surface area contributed by atoms with Gasteiger partial charge < -0.3 is 10.2 Å². The van der Waals surface area contributed by atoms with Crippen LogP contribution in [0.15, 0.2) is 83.9 Å². The number of halogens is 2. The van der Waals surface area contributed by atoms with Crippen LogP contribution in [0.1, 0.15) is 10.4 Å². The van der Waals surface area contributed by atoms with E-state index in [1.807, 2.05) is 36.4 Å². The van der Waals surface area contributed by atoms with E-state index < -0.39 is 10.0 Å². The van der Waals surface area contributed by atoms with Crippen LogP contribution in [-0.4, -0.2) is 54.7 Å². The number of aromatic nitrogens is 1. The van der Waals surface area contributed by atoms with Crippen LogP contribution >= 0.6 is 23.2 Å². The molecule has 0 spiro atoms. The summed E-state index contributed by atoms with van der Waals surface area (Å²) in [7, 11) is -3.63. The molecule has 2 heterocycles. The van der Waals surface area contributed by atoms with E-state index in [1.165, 1.54) is 16.4 Å². The Morgan fingerprint density at radius 3 is 2.19 bits per heavy atom. The molecule has 36 heavy (non-hydrogen) atoms. The monoisotopic (exact) mass is 540 g/mol. The first-order valence-electron chi connectivity index (χ1n) is 11.3. The number of carbonyl (C=O) groups excluding carboxylic acids is 1. The first kappa shape index (κ1) is 24.5. The summed E-state index contributed by atoms with van der Waals surface area (Å²) in [6, 6.07) is 20.7. The predicted molar refractivity (Wildman–Crippen MR) is 143 cm³/mol. The van der Waals surface area contributed by atoms with E-state index in [9.17, 15) is 13.2 Å². The second-order valence-corrected chi connectivity index (χ2v) is 11.2. The summed E-state index contributed by atoms with van der Waals surface area (Å²) in [5.74, 6) is -0.130. The van der Waals surface area contributed by atoms with Gasteiger partial charge in [-0.1, -0.05) is 23.2 Å². The second-order valence-electron chi connectivity index (χ2n) is 8.37. The number of hydrogen-bond donors (Lipinski definition) is 1. The summed E-state index contributed by atoms with van der Waals surface area (Å²) in [5.41, 5.74) is 3.04. The molecule has 1 aromatic heterocycles. The minimum Gasteiger partial charge on any atom is -0.355 e. The molecule has 0 atom stereocenters. The van der Waals surface area contributed by atoms with E-state index >= 15 is 0 Å². The van der Waals surface area contributed by atoms with Crippen molar-refractivity contribution in [1.29, 1.82) is 0 Å². The number of benzene rings is 3. The van der Waals surface area contributed by atoms with Gasteiger partial charge in [-0.25, -0.2) is 8.42 Å². The zero-order valence-corrected chi connectivity index (χ0v) is 21.4. The van der Waals surface area contributed by atoms with E-state index in [2.05, 4.69) is 10.3 Å². The molecule has 7 nitrogen and oxygen atoms in total. The van der Waals surface area contributed by atoms with Crippen LogP contribution in [0.25, 0.3) is 10.9 Å². The molecule has 1 aliphatic rings. The van der Waals surface area contributed by atoms with E-state index in [0.29, 0.717) is 28.7 Å². The Kier molecular flexibility index (Phi) is 6.85. The van der Waals surface area contributed by atoms with Gasteiger partial charge in [0, 0.05) is 64.7 Å². The molecule has 1 amide bonds. The van der Waals surface area contributed by atoms with Gasteiger partial charge in [-0.3, -0.25) is 9.78 Å². The third-order valence-corrected chi connectivity index (χ3v) is 8.49. The average molecular weight is 541 g/mol. The Morgan fingerprint density at radius 1 is 0.833 bits per heavy atom. The molecule has 0 bridgehead atoms. The Balaban J connectivity index is 1.23. The van der Waals surface area contributed by atoms with Gasteiger partial charge in [0.1, 0.15) is 0 Å². The first-order valence-corrected chi connectivity index (χ1v) is 13.5. The number of carbonyl (C=O) groups is 1. The third-order valence-electron chi connectivity index (χ3n) is 6.09. The number of fused-ring (bicyclic) bond motifs is 1. The van der Waals surface area contributed by atoms with Crippen LogP contribution in [0.2, 0.25) is 10.0 Å². The van der Waals surface area contributed by atoms with E-state index in [4.69, 9.17) is 23.2 Å². The SMILES string of the molecule is O=C(c1ccc(Nc2ccnc3cc(Cl)ccc23)cc1)N1CCN(S(=O)(=O)c2ccc(Cl)cc2)CC1. The minimum absolute atomic E-state index is 0.130. The maximum atomic E-state index is 13.0. The molecule has 0 aliphatic carbocycles. The van der Waals surface area contributed by atoms with Crippen molar-refractivity contribution in [3.8, 4) is 0 Å². The highest BCUT2D eigenvalue weighted by Gasteiger charge is 2.30. The molecule has 0 saturated carbocycles. The van der Waals surface area contributed by atoms with E-state index in [1.54, 1.807) is 35.4 Å². The van der Waals surface area contributed by atoms with Crippen molar-refractivity contribution in [2.75, 3.05) is 31.5 Å². The van der Waals surface area contributed by atoms with Crippen LogP contribution in [0.3, 0.4) is 0 Å². The Hall–Kier alpha value is -3.17. The van der Waals surface area contributed by atoms with Crippen molar-refractivity contribution in [1.82, 2.24) is 14.2 Å². The van der Waals surface area contributed by atoms with Gasteiger partial charge in [0.05, 0.1) is 10.4 Å². The Morgan fingerprint density at radius 2 is 1.50 bits per heavy atom. The molecule has 0 radical (unpaired) electrons. The lowest BCUT2D eigenvalue weighted by molar-refractivity contribution is 0.0698. The summed E-state index contributed by atoms with van der Waals surface area (Å²) < 4.78 is 27.2. The van der Waals surface area contributed by atoms with Crippen LogP contribution in [0.5, 0.6) is 0 Å². The van der Waals surface area contributed by atoms with Gasteiger partial charge in [-0.15, -0.1) is 0 Å². The van der Waals surface area contributed by atoms with Crippen molar-refractivity contribution in [3.05, 3.63) is 94.6 Å². The van der Waals surface area contributed by atoms with Gasteiger partial charge >= 0.3 is 0 Å².